The molecule has 13 rings (SSSR count). The van der Waals surface area contributed by atoms with Crippen LogP contribution in [0.1, 0.15) is 0 Å². The predicted octanol–water partition coefficient (Wildman–Crippen LogP) is 12.4. The highest BCUT2D eigenvalue weighted by molar-refractivity contribution is 7.20. The molecule has 64 heavy (non-hydrogen) atoms. The Hall–Kier alpha value is -8.18. The minimum atomic E-state index is -2.87. The second-order valence-corrected chi connectivity index (χ2v) is 20.7. The standard InChI is InChI=1S/C60H41N3Si/c1-5-20-42(21-6-1)61-53-31-16-13-30-50(53)51-38-36-43(40-58(51)61)62-56-34-19-35-57(63-54-32-17-14-28-48(54)49-29-15-18-33-55(49)63)60(56)52-39-37-47(41-59(52)62)64(44-22-7-2-8-23-44,45-24-9-3-10-25-45)46-26-11-4-12-27-46/h1-41H. The van der Waals surface area contributed by atoms with E-state index in [0.29, 0.717) is 0 Å². The lowest BCUT2D eigenvalue weighted by atomic mass is 10.1. The van der Waals surface area contributed by atoms with Crippen LogP contribution in [0.5, 0.6) is 0 Å². The summed E-state index contributed by atoms with van der Waals surface area (Å²) in [4.78, 5) is 0. The molecule has 300 valence electrons. The molecule has 0 amide bonds. The number of benzene rings is 10. The molecule has 13 aromatic rings. The Bertz CT molecular complexity index is 3730. The van der Waals surface area contributed by atoms with Gasteiger partial charge < -0.3 is 13.7 Å². The van der Waals surface area contributed by atoms with Crippen LogP contribution in [0, 0.1) is 0 Å². The van der Waals surface area contributed by atoms with Gasteiger partial charge in [0.2, 0.25) is 0 Å². The van der Waals surface area contributed by atoms with Crippen LogP contribution in [-0.4, -0.2) is 21.8 Å². The lowest BCUT2D eigenvalue weighted by Crippen LogP contribution is -2.74. The molecule has 0 N–H and O–H groups in total. The number of aromatic nitrogens is 3. The number of fused-ring (bicyclic) bond motifs is 9. The van der Waals surface area contributed by atoms with Crippen LogP contribution < -0.4 is 20.7 Å². The van der Waals surface area contributed by atoms with Crippen molar-refractivity contribution in [1.29, 1.82) is 0 Å². The first-order valence-electron chi connectivity index (χ1n) is 22.1. The van der Waals surface area contributed by atoms with Gasteiger partial charge >= 0.3 is 0 Å². The van der Waals surface area contributed by atoms with E-state index < -0.39 is 8.07 Å². The fourth-order valence-electron chi connectivity index (χ4n) is 10.9. The van der Waals surface area contributed by atoms with Gasteiger partial charge in [-0.15, -0.1) is 0 Å². The number of hydrogen-bond donors (Lipinski definition) is 0. The normalized spacial score (nSPS) is 12.1. The average Bonchev–Trinajstić information content (AvgIpc) is 4.01. The second kappa shape index (κ2) is 14.5. The van der Waals surface area contributed by atoms with Crippen molar-refractivity contribution in [3.63, 3.8) is 0 Å². The Kier molecular flexibility index (Phi) is 8.23. The zero-order chi connectivity index (χ0) is 42.2. The predicted molar refractivity (Wildman–Crippen MR) is 273 cm³/mol. The molecule has 4 heteroatoms. The number of para-hydroxylation sites is 4. The van der Waals surface area contributed by atoms with Crippen LogP contribution in [0.4, 0.5) is 0 Å². The van der Waals surface area contributed by atoms with Gasteiger partial charge in [0.1, 0.15) is 0 Å². The van der Waals surface area contributed by atoms with Crippen LogP contribution in [0.3, 0.4) is 0 Å². The molecule has 0 aliphatic rings. The minimum absolute atomic E-state index is 1.12. The van der Waals surface area contributed by atoms with Crippen molar-refractivity contribution < 1.29 is 0 Å². The van der Waals surface area contributed by atoms with Crippen LogP contribution in [0.25, 0.3) is 82.5 Å². The summed E-state index contributed by atoms with van der Waals surface area (Å²) in [6, 6.07) is 92.4. The Morgan fingerprint density at radius 3 is 1.22 bits per heavy atom. The summed E-state index contributed by atoms with van der Waals surface area (Å²) in [7, 11) is -2.87. The Morgan fingerprint density at radius 2 is 0.656 bits per heavy atom. The molecule has 0 saturated heterocycles. The van der Waals surface area contributed by atoms with Gasteiger partial charge in [-0.1, -0.05) is 188 Å². The van der Waals surface area contributed by atoms with Gasteiger partial charge in [-0.2, -0.15) is 0 Å². The van der Waals surface area contributed by atoms with E-state index in [9.17, 15) is 0 Å². The van der Waals surface area contributed by atoms with Crippen molar-refractivity contribution in [2.45, 2.75) is 0 Å². The van der Waals surface area contributed by atoms with Crippen molar-refractivity contribution in [1.82, 2.24) is 13.7 Å². The molecule has 3 heterocycles. The molecule has 3 aromatic heterocycles. The monoisotopic (exact) mass is 831 g/mol. The van der Waals surface area contributed by atoms with Crippen molar-refractivity contribution in [3.05, 3.63) is 249 Å². The Morgan fingerprint density at radius 1 is 0.234 bits per heavy atom. The average molecular weight is 832 g/mol. The maximum Gasteiger partial charge on any atom is 0.179 e. The van der Waals surface area contributed by atoms with E-state index in [2.05, 4.69) is 262 Å². The lowest BCUT2D eigenvalue weighted by molar-refractivity contribution is 1.15. The maximum absolute atomic E-state index is 2.87. The third kappa shape index (κ3) is 5.27. The summed E-state index contributed by atoms with van der Waals surface area (Å²) in [5, 5.41) is 12.8. The van der Waals surface area contributed by atoms with Crippen LogP contribution >= 0.6 is 0 Å². The van der Waals surface area contributed by atoms with Gasteiger partial charge in [0.15, 0.2) is 8.07 Å². The van der Waals surface area contributed by atoms with E-state index in [0.717, 1.165) is 11.4 Å². The van der Waals surface area contributed by atoms with Gasteiger partial charge in [-0.05, 0) is 81.4 Å². The summed E-state index contributed by atoms with van der Waals surface area (Å²) >= 11 is 0. The zero-order valence-corrected chi connectivity index (χ0v) is 36.0. The SMILES string of the molecule is c1ccc(-n2c3ccccc3c3ccc(-n4c5cc([Si](c6ccccc6)(c6ccccc6)c6ccccc6)ccc5c5c(-n6c7ccccc7c7ccccc76)cccc54)cc32)cc1. The first-order chi connectivity index (χ1) is 31.8. The van der Waals surface area contributed by atoms with E-state index in [1.165, 1.54) is 91.9 Å². The van der Waals surface area contributed by atoms with Gasteiger partial charge in [0.25, 0.3) is 0 Å². The summed E-state index contributed by atoms with van der Waals surface area (Å²) in [6.45, 7) is 0. The molecule has 0 aliphatic heterocycles. The number of rotatable bonds is 7. The highest BCUT2D eigenvalue weighted by Gasteiger charge is 2.41. The van der Waals surface area contributed by atoms with Gasteiger partial charge in [0.05, 0.1) is 38.8 Å². The van der Waals surface area contributed by atoms with E-state index >= 15 is 0 Å². The lowest BCUT2D eigenvalue weighted by Gasteiger charge is -2.34. The smallest absolute Gasteiger partial charge is 0.179 e. The zero-order valence-electron chi connectivity index (χ0n) is 35.0. The molecule has 0 bridgehead atoms. The molecule has 0 aliphatic carbocycles. The topological polar surface area (TPSA) is 14.8 Å². The minimum Gasteiger partial charge on any atom is -0.309 e. The summed E-state index contributed by atoms with van der Waals surface area (Å²) < 4.78 is 7.45. The Balaban J connectivity index is 1.18. The largest absolute Gasteiger partial charge is 0.309 e. The summed E-state index contributed by atoms with van der Waals surface area (Å²) in [5.74, 6) is 0. The first kappa shape index (κ1) is 36.5. The van der Waals surface area contributed by atoms with Crippen molar-refractivity contribution >= 4 is 94.2 Å². The van der Waals surface area contributed by atoms with Gasteiger partial charge in [-0.3, -0.25) is 0 Å². The molecule has 0 spiro atoms. The fraction of sp³-hybridized carbons (Fsp3) is 0. The van der Waals surface area contributed by atoms with Crippen molar-refractivity contribution in [3.8, 4) is 17.1 Å². The molecular formula is C60H41N3Si. The molecule has 10 aromatic carbocycles. The molecule has 0 unspecified atom stereocenters. The fourth-order valence-corrected chi connectivity index (χ4v) is 15.7. The van der Waals surface area contributed by atoms with Crippen LogP contribution in [0.2, 0.25) is 0 Å². The van der Waals surface area contributed by atoms with Gasteiger partial charge in [-0.25, -0.2) is 0 Å². The first-order valence-corrected chi connectivity index (χ1v) is 24.1. The molecular weight excluding hydrogens is 791 g/mol. The van der Waals surface area contributed by atoms with Crippen molar-refractivity contribution in [2.24, 2.45) is 0 Å². The van der Waals surface area contributed by atoms with E-state index in [4.69, 9.17) is 0 Å². The molecule has 0 fully saturated rings. The second-order valence-electron chi connectivity index (χ2n) is 16.8. The van der Waals surface area contributed by atoms with Crippen molar-refractivity contribution in [2.75, 3.05) is 0 Å². The highest BCUT2D eigenvalue weighted by atomic mass is 28.3. The number of hydrogen-bond acceptors (Lipinski definition) is 0. The summed E-state index contributed by atoms with van der Waals surface area (Å²) in [6.07, 6.45) is 0. The van der Waals surface area contributed by atoms with E-state index in [1.807, 2.05) is 0 Å². The molecule has 0 radical (unpaired) electrons. The van der Waals surface area contributed by atoms with Crippen LogP contribution in [-0.2, 0) is 0 Å². The van der Waals surface area contributed by atoms with E-state index in [1.54, 1.807) is 0 Å². The third-order valence-electron chi connectivity index (χ3n) is 13.6. The number of nitrogens with zero attached hydrogens (tertiary/aromatic N) is 3. The van der Waals surface area contributed by atoms with Crippen LogP contribution in [0.15, 0.2) is 249 Å². The third-order valence-corrected chi connectivity index (χ3v) is 18.3. The molecule has 0 atom stereocenters. The summed E-state index contributed by atoms with van der Waals surface area (Å²) in [5.41, 5.74) is 10.6. The quantitative estimate of drug-likeness (QED) is 0.112. The van der Waals surface area contributed by atoms with Gasteiger partial charge in [0, 0.05) is 43.7 Å². The highest BCUT2D eigenvalue weighted by Crippen LogP contribution is 2.41. The molecule has 3 nitrogen and oxygen atoms in total. The maximum atomic E-state index is 2.54. The van der Waals surface area contributed by atoms with E-state index in [-0.39, 0.29) is 0 Å². The Labute approximate surface area is 372 Å². The molecule has 0 saturated carbocycles.